The van der Waals surface area contributed by atoms with Gasteiger partial charge in [0.15, 0.2) is 18.1 Å². The molecule has 0 unspecified atom stereocenters. The molecule has 3 rings (SSSR count). The van der Waals surface area contributed by atoms with E-state index in [2.05, 4.69) is 10.5 Å². The van der Waals surface area contributed by atoms with E-state index in [1.54, 1.807) is 24.3 Å². The summed E-state index contributed by atoms with van der Waals surface area (Å²) in [5.74, 6) is 1.08. The van der Waals surface area contributed by atoms with Gasteiger partial charge in [0, 0.05) is 0 Å². The molecular weight excluding hydrogens is 464 g/mol. The SMILES string of the molecule is COc1cc(C(=O)Oc2ccc(C=NNC(=O)COc3cccc(C)c3C)cc2)cc(OC)c1OC. The first-order chi connectivity index (χ1) is 17.4. The lowest BCUT2D eigenvalue weighted by Crippen LogP contribution is -2.24. The van der Waals surface area contributed by atoms with Crippen LogP contribution in [0, 0.1) is 13.8 Å². The Labute approximate surface area is 209 Å². The third-order valence-corrected chi connectivity index (χ3v) is 5.31. The number of nitrogens with zero attached hydrogens (tertiary/aromatic N) is 1. The Kier molecular flexibility index (Phi) is 8.88. The lowest BCUT2D eigenvalue weighted by atomic mass is 10.1. The number of hydrazone groups is 1. The molecule has 1 N–H and O–H groups in total. The Morgan fingerprint density at radius 2 is 1.56 bits per heavy atom. The van der Waals surface area contributed by atoms with E-state index in [1.165, 1.54) is 39.7 Å². The molecule has 3 aromatic rings. The lowest BCUT2D eigenvalue weighted by molar-refractivity contribution is -0.123. The Morgan fingerprint density at radius 1 is 0.889 bits per heavy atom. The molecule has 1 amide bonds. The molecule has 0 saturated carbocycles. The maximum Gasteiger partial charge on any atom is 0.343 e. The Bertz CT molecular complexity index is 1230. The van der Waals surface area contributed by atoms with Crippen molar-refractivity contribution in [2.45, 2.75) is 13.8 Å². The van der Waals surface area contributed by atoms with Crippen LogP contribution >= 0.6 is 0 Å². The molecule has 0 aromatic heterocycles. The van der Waals surface area contributed by atoms with Crippen molar-refractivity contribution in [2.24, 2.45) is 5.10 Å². The zero-order valence-corrected chi connectivity index (χ0v) is 20.8. The molecule has 3 aromatic carbocycles. The fourth-order valence-electron chi connectivity index (χ4n) is 3.22. The predicted octanol–water partition coefficient (Wildman–Crippen LogP) is 4.08. The van der Waals surface area contributed by atoms with E-state index in [1.807, 2.05) is 32.0 Å². The monoisotopic (exact) mass is 492 g/mol. The molecule has 0 fully saturated rings. The van der Waals surface area contributed by atoms with E-state index in [4.69, 9.17) is 23.7 Å². The van der Waals surface area contributed by atoms with Crippen LogP contribution in [0.3, 0.4) is 0 Å². The number of carbonyl (C=O) groups is 2. The van der Waals surface area contributed by atoms with Gasteiger partial charge < -0.3 is 23.7 Å². The number of aryl methyl sites for hydroxylation is 1. The van der Waals surface area contributed by atoms with Crippen LogP contribution in [0.1, 0.15) is 27.0 Å². The summed E-state index contributed by atoms with van der Waals surface area (Å²) in [6, 6.07) is 15.3. The topological polar surface area (TPSA) is 105 Å². The summed E-state index contributed by atoms with van der Waals surface area (Å²) in [5.41, 5.74) is 5.42. The van der Waals surface area contributed by atoms with Gasteiger partial charge in [-0.25, -0.2) is 10.2 Å². The van der Waals surface area contributed by atoms with E-state index >= 15 is 0 Å². The van der Waals surface area contributed by atoms with Gasteiger partial charge in [-0.15, -0.1) is 0 Å². The Hall–Kier alpha value is -4.53. The zero-order chi connectivity index (χ0) is 26.1. The largest absolute Gasteiger partial charge is 0.493 e. The third-order valence-electron chi connectivity index (χ3n) is 5.31. The van der Waals surface area contributed by atoms with Gasteiger partial charge in [0.05, 0.1) is 33.1 Å². The fraction of sp³-hybridized carbons (Fsp3) is 0.222. The van der Waals surface area contributed by atoms with Crippen molar-refractivity contribution in [3.63, 3.8) is 0 Å². The van der Waals surface area contributed by atoms with Gasteiger partial charge in [0.1, 0.15) is 11.5 Å². The number of hydrogen-bond donors (Lipinski definition) is 1. The number of benzene rings is 3. The molecular formula is C27H28N2O7. The summed E-state index contributed by atoms with van der Waals surface area (Å²) < 4.78 is 26.8. The predicted molar refractivity (Wildman–Crippen MR) is 135 cm³/mol. The lowest BCUT2D eigenvalue weighted by Gasteiger charge is -2.13. The van der Waals surface area contributed by atoms with E-state index in [0.29, 0.717) is 34.3 Å². The molecule has 0 heterocycles. The number of carbonyl (C=O) groups excluding carboxylic acids is 2. The van der Waals surface area contributed by atoms with Gasteiger partial charge in [-0.05, 0) is 73.0 Å². The maximum absolute atomic E-state index is 12.6. The minimum absolute atomic E-state index is 0.155. The van der Waals surface area contributed by atoms with Gasteiger partial charge in [-0.3, -0.25) is 4.79 Å². The highest BCUT2D eigenvalue weighted by Gasteiger charge is 2.18. The summed E-state index contributed by atoms with van der Waals surface area (Å²) in [5, 5.41) is 3.93. The molecule has 9 heteroatoms. The van der Waals surface area contributed by atoms with Crippen LogP contribution < -0.4 is 29.1 Å². The second-order valence-electron chi connectivity index (χ2n) is 7.65. The highest BCUT2D eigenvalue weighted by molar-refractivity contribution is 5.93. The minimum Gasteiger partial charge on any atom is -0.493 e. The Morgan fingerprint density at radius 3 is 2.17 bits per heavy atom. The van der Waals surface area contributed by atoms with Crippen molar-refractivity contribution in [3.8, 4) is 28.7 Å². The van der Waals surface area contributed by atoms with Gasteiger partial charge in [0.2, 0.25) is 5.75 Å². The van der Waals surface area contributed by atoms with Gasteiger partial charge in [-0.2, -0.15) is 5.10 Å². The standard InChI is InChI=1S/C27H28N2O7/c1-17-7-6-8-22(18(17)2)35-16-25(30)29-28-15-19-9-11-21(12-10-19)36-27(31)20-13-23(32-3)26(34-5)24(14-20)33-4/h6-15H,16H2,1-5H3,(H,29,30). The average Bonchev–Trinajstić information content (AvgIpc) is 2.89. The number of amides is 1. The van der Waals surface area contributed by atoms with Crippen molar-refractivity contribution in [1.29, 1.82) is 0 Å². The molecule has 36 heavy (non-hydrogen) atoms. The van der Waals surface area contributed by atoms with Crippen molar-refractivity contribution in [2.75, 3.05) is 27.9 Å². The highest BCUT2D eigenvalue weighted by atomic mass is 16.5. The molecule has 188 valence electrons. The molecule has 0 aliphatic heterocycles. The van der Waals surface area contributed by atoms with Crippen molar-refractivity contribution in [1.82, 2.24) is 5.43 Å². The van der Waals surface area contributed by atoms with Crippen molar-refractivity contribution in [3.05, 3.63) is 76.9 Å². The van der Waals surface area contributed by atoms with Gasteiger partial charge >= 0.3 is 5.97 Å². The van der Waals surface area contributed by atoms with Crippen LogP contribution in [0.2, 0.25) is 0 Å². The first kappa shape index (κ1) is 26.1. The molecule has 0 atom stereocenters. The Balaban J connectivity index is 1.55. The van der Waals surface area contributed by atoms with E-state index in [9.17, 15) is 9.59 Å². The summed E-state index contributed by atoms with van der Waals surface area (Å²) >= 11 is 0. The average molecular weight is 493 g/mol. The molecule has 0 spiro atoms. The molecule has 9 nitrogen and oxygen atoms in total. The van der Waals surface area contributed by atoms with Gasteiger partial charge in [0.25, 0.3) is 5.91 Å². The van der Waals surface area contributed by atoms with Gasteiger partial charge in [-0.1, -0.05) is 12.1 Å². The smallest absolute Gasteiger partial charge is 0.343 e. The summed E-state index contributed by atoms with van der Waals surface area (Å²) in [4.78, 5) is 24.6. The number of methoxy groups -OCH3 is 3. The van der Waals surface area contributed by atoms with Crippen LogP contribution in [0.4, 0.5) is 0 Å². The first-order valence-electron chi connectivity index (χ1n) is 11.0. The number of nitrogens with one attached hydrogen (secondary N) is 1. The second-order valence-corrected chi connectivity index (χ2v) is 7.65. The quantitative estimate of drug-likeness (QED) is 0.197. The summed E-state index contributed by atoms with van der Waals surface area (Å²) in [6.07, 6.45) is 1.47. The number of ether oxygens (including phenoxy) is 5. The second kappa shape index (κ2) is 12.3. The van der Waals surface area contributed by atoms with E-state index < -0.39 is 5.97 Å². The van der Waals surface area contributed by atoms with E-state index in [0.717, 1.165) is 11.1 Å². The van der Waals surface area contributed by atoms with Crippen LogP contribution in [0.25, 0.3) is 0 Å². The van der Waals surface area contributed by atoms with E-state index in [-0.39, 0.29) is 18.1 Å². The number of rotatable bonds is 10. The molecule has 0 aliphatic carbocycles. The number of hydrogen-bond acceptors (Lipinski definition) is 8. The van der Waals surface area contributed by atoms with Crippen LogP contribution in [0.15, 0.2) is 59.7 Å². The summed E-state index contributed by atoms with van der Waals surface area (Å²) in [6.45, 7) is 3.76. The number of esters is 1. The highest BCUT2D eigenvalue weighted by Crippen LogP contribution is 2.38. The fourth-order valence-corrected chi connectivity index (χ4v) is 3.22. The molecule has 0 aliphatic rings. The summed E-state index contributed by atoms with van der Waals surface area (Å²) in [7, 11) is 4.41. The van der Waals surface area contributed by atoms with Crippen LogP contribution in [-0.2, 0) is 4.79 Å². The molecule has 0 bridgehead atoms. The molecule has 0 saturated heterocycles. The zero-order valence-electron chi connectivity index (χ0n) is 20.8. The van der Waals surface area contributed by atoms with Crippen molar-refractivity contribution >= 4 is 18.1 Å². The normalized spacial score (nSPS) is 10.6. The van der Waals surface area contributed by atoms with Crippen LogP contribution in [-0.4, -0.2) is 46.0 Å². The maximum atomic E-state index is 12.6. The first-order valence-corrected chi connectivity index (χ1v) is 11.0. The molecule has 0 radical (unpaired) electrons. The van der Waals surface area contributed by atoms with Crippen LogP contribution in [0.5, 0.6) is 28.7 Å². The minimum atomic E-state index is -0.591. The van der Waals surface area contributed by atoms with Crippen molar-refractivity contribution < 1.29 is 33.3 Å². The third kappa shape index (κ3) is 6.53.